The summed E-state index contributed by atoms with van der Waals surface area (Å²) in [5.41, 5.74) is 4.03. The highest BCUT2D eigenvalue weighted by molar-refractivity contribution is 7.92. The molecule has 0 N–H and O–H groups in total. The van der Waals surface area contributed by atoms with Crippen LogP contribution >= 0.6 is 0 Å². The molecule has 1 heterocycles. The molecule has 0 atom stereocenters. The van der Waals surface area contributed by atoms with Crippen molar-refractivity contribution in [2.75, 3.05) is 5.75 Å². The molecule has 0 radical (unpaired) electrons. The van der Waals surface area contributed by atoms with E-state index < -0.39 is 14.6 Å². The SMILES string of the molecule is CC(C)(C)S(=O)(=O)CC1CCC(CCc2ccc(Cc3ccncc3)cc2)CC1. The van der Waals surface area contributed by atoms with Gasteiger partial charge in [-0.05, 0) is 93.5 Å². The molecule has 3 rings (SSSR count). The van der Waals surface area contributed by atoms with Gasteiger partial charge in [0, 0.05) is 12.4 Å². The van der Waals surface area contributed by atoms with Gasteiger partial charge >= 0.3 is 0 Å². The molecule has 0 aliphatic heterocycles. The standard InChI is InChI=1S/C25H35NO2S/c1-25(2,3)29(27,28)19-24-12-8-21(9-13-24)5-4-20-6-10-22(11-7-20)18-23-14-16-26-17-15-23/h6-7,10-11,14-17,21,24H,4-5,8-9,12-13,18-19H2,1-3H3. The summed E-state index contributed by atoms with van der Waals surface area (Å²) in [4.78, 5) is 4.07. The summed E-state index contributed by atoms with van der Waals surface area (Å²) >= 11 is 0. The van der Waals surface area contributed by atoms with E-state index in [0.29, 0.717) is 11.7 Å². The van der Waals surface area contributed by atoms with Gasteiger partial charge in [-0.2, -0.15) is 0 Å². The molecule has 29 heavy (non-hydrogen) atoms. The van der Waals surface area contributed by atoms with Crippen LogP contribution in [-0.2, 0) is 22.7 Å². The first-order valence-corrected chi connectivity index (χ1v) is 12.6. The summed E-state index contributed by atoms with van der Waals surface area (Å²) < 4.78 is 24.3. The summed E-state index contributed by atoms with van der Waals surface area (Å²) in [7, 11) is -3.00. The number of nitrogens with zero attached hydrogens (tertiary/aromatic N) is 1. The monoisotopic (exact) mass is 413 g/mol. The Balaban J connectivity index is 1.42. The first-order valence-electron chi connectivity index (χ1n) is 10.9. The van der Waals surface area contributed by atoms with E-state index in [0.717, 1.165) is 31.6 Å². The summed E-state index contributed by atoms with van der Waals surface area (Å²) in [6.07, 6.45) is 11.4. The van der Waals surface area contributed by atoms with Crippen molar-refractivity contribution in [3.05, 3.63) is 65.5 Å². The van der Waals surface area contributed by atoms with Gasteiger partial charge in [0.2, 0.25) is 0 Å². The van der Waals surface area contributed by atoms with Crippen LogP contribution in [0.4, 0.5) is 0 Å². The lowest BCUT2D eigenvalue weighted by Gasteiger charge is -2.30. The fraction of sp³-hybridized carbons (Fsp3) is 0.560. The van der Waals surface area contributed by atoms with Crippen LogP contribution in [0.2, 0.25) is 0 Å². The van der Waals surface area contributed by atoms with Crippen LogP contribution in [0, 0.1) is 11.8 Å². The summed E-state index contributed by atoms with van der Waals surface area (Å²) in [5, 5.41) is 0. The molecule has 0 spiro atoms. The first-order chi connectivity index (χ1) is 13.7. The molecule has 2 aromatic rings. The van der Waals surface area contributed by atoms with Crippen LogP contribution in [0.1, 0.15) is 69.6 Å². The molecule has 158 valence electrons. The van der Waals surface area contributed by atoms with Gasteiger partial charge in [-0.1, -0.05) is 37.1 Å². The number of hydrogen-bond acceptors (Lipinski definition) is 3. The summed E-state index contributed by atoms with van der Waals surface area (Å²) in [6.45, 7) is 5.45. The van der Waals surface area contributed by atoms with Crippen LogP contribution in [0.3, 0.4) is 0 Å². The minimum atomic E-state index is -3.00. The van der Waals surface area contributed by atoms with Gasteiger partial charge < -0.3 is 0 Å². The summed E-state index contributed by atoms with van der Waals surface area (Å²) in [5.74, 6) is 1.45. The van der Waals surface area contributed by atoms with Gasteiger partial charge in [-0.15, -0.1) is 0 Å². The third kappa shape index (κ3) is 6.40. The van der Waals surface area contributed by atoms with Crippen LogP contribution in [0.25, 0.3) is 0 Å². The molecule has 0 unspecified atom stereocenters. The molecule has 1 saturated carbocycles. The largest absolute Gasteiger partial charge is 0.265 e. The van der Waals surface area contributed by atoms with Crippen molar-refractivity contribution in [1.29, 1.82) is 0 Å². The number of rotatable bonds is 7. The third-order valence-corrected chi connectivity index (χ3v) is 9.15. The van der Waals surface area contributed by atoms with Gasteiger partial charge in [0.15, 0.2) is 9.84 Å². The Kier molecular flexibility index (Phi) is 7.15. The maximum atomic E-state index is 12.5. The Morgan fingerprint density at radius 2 is 1.34 bits per heavy atom. The third-order valence-electron chi connectivity index (χ3n) is 6.38. The van der Waals surface area contributed by atoms with Crippen LogP contribution in [0.5, 0.6) is 0 Å². The lowest BCUT2D eigenvalue weighted by atomic mass is 9.80. The molecule has 0 amide bonds. The van der Waals surface area contributed by atoms with E-state index in [4.69, 9.17) is 0 Å². The molecular formula is C25H35NO2S. The van der Waals surface area contributed by atoms with Gasteiger partial charge in [0.25, 0.3) is 0 Å². The van der Waals surface area contributed by atoms with Crippen LogP contribution in [0.15, 0.2) is 48.8 Å². The van der Waals surface area contributed by atoms with Gasteiger partial charge in [-0.25, -0.2) is 8.42 Å². The van der Waals surface area contributed by atoms with Gasteiger partial charge in [0.05, 0.1) is 10.5 Å². The molecule has 3 nitrogen and oxygen atoms in total. The molecule has 1 aliphatic rings. The molecular weight excluding hydrogens is 378 g/mol. The van der Waals surface area contributed by atoms with Gasteiger partial charge in [-0.3, -0.25) is 4.98 Å². The smallest absolute Gasteiger partial charge is 0.155 e. The molecule has 4 heteroatoms. The first kappa shape index (κ1) is 22.0. The predicted octanol–water partition coefficient (Wildman–Crippen LogP) is 5.62. The normalized spacial score (nSPS) is 20.5. The van der Waals surface area contributed by atoms with Crippen molar-refractivity contribution in [3.8, 4) is 0 Å². The Labute approximate surface area is 176 Å². The molecule has 0 bridgehead atoms. The molecule has 1 aromatic carbocycles. The number of aromatic nitrogens is 1. The zero-order valence-corrected chi connectivity index (χ0v) is 18.9. The fourth-order valence-electron chi connectivity index (χ4n) is 4.18. The lowest BCUT2D eigenvalue weighted by Crippen LogP contribution is -2.34. The summed E-state index contributed by atoms with van der Waals surface area (Å²) in [6, 6.07) is 13.1. The zero-order valence-electron chi connectivity index (χ0n) is 18.1. The highest BCUT2D eigenvalue weighted by Crippen LogP contribution is 2.34. The molecule has 1 aromatic heterocycles. The van der Waals surface area contributed by atoms with E-state index in [2.05, 4.69) is 41.4 Å². The Morgan fingerprint density at radius 1 is 0.828 bits per heavy atom. The minimum absolute atomic E-state index is 0.350. The highest BCUT2D eigenvalue weighted by Gasteiger charge is 2.33. The average molecular weight is 414 g/mol. The number of hydrogen-bond donors (Lipinski definition) is 0. The highest BCUT2D eigenvalue weighted by atomic mass is 32.2. The predicted molar refractivity (Wildman–Crippen MR) is 121 cm³/mol. The average Bonchev–Trinajstić information content (AvgIpc) is 2.68. The maximum absolute atomic E-state index is 12.5. The van der Waals surface area contributed by atoms with Crippen molar-refractivity contribution in [3.63, 3.8) is 0 Å². The minimum Gasteiger partial charge on any atom is -0.265 e. The van der Waals surface area contributed by atoms with E-state index in [1.165, 1.54) is 36.0 Å². The number of benzene rings is 1. The second kappa shape index (κ2) is 9.42. The molecule has 1 aliphatic carbocycles. The quantitative estimate of drug-likeness (QED) is 0.591. The zero-order chi connectivity index (χ0) is 20.9. The second-order valence-electron chi connectivity index (χ2n) is 9.67. The van der Waals surface area contributed by atoms with Crippen molar-refractivity contribution >= 4 is 9.84 Å². The Hall–Kier alpha value is -1.68. The van der Waals surface area contributed by atoms with E-state index in [-0.39, 0.29) is 0 Å². The van der Waals surface area contributed by atoms with Crippen molar-refractivity contribution in [2.45, 2.75) is 70.5 Å². The van der Waals surface area contributed by atoms with Gasteiger partial charge in [0.1, 0.15) is 0 Å². The Bertz CT molecular complexity index is 859. The maximum Gasteiger partial charge on any atom is 0.155 e. The van der Waals surface area contributed by atoms with E-state index >= 15 is 0 Å². The lowest BCUT2D eigenvalue weighted by molar-refractivity contribution is 0.278. The van der Waals surface area contributed by atoms with Crippen molar-refractivity contribution < 1.29 is 8.42 Å². The van der Waals surface area contributed by atoms with E-state index in [1.54, 1.807) is 0 Å². The second-order valence-corrected chi connectivity index (χ2v) is 12.5. The molecule has 1 fully saturated rings. The van der Waals surface area contributed by atoms with Crippen molar-refractivity contribution in [2.24, 2.45) is 11.8 Å². The number of aryl methyl sites for hydroxylation is 1. The number of sulfone groups is 1. The fourth-order valence-corrected chi connectivity index (χ4v) is 5.63. The topological polar surface area (TPSA) is 47.0 Å². The van der Waals surface area contributed by atoms with Crippen molar-refractivity contribution in [1.82, 2.24) is 4.98 Å². The molecule has 0 saturated heterocycles. The van der Waals surface area contributed by atoms with Crippen LogP contribution in [-0.4, -0.2) is 23.9 Å². The number of pyridine rings is 1. The van der Waals surface area contributed by atoms with E-state index in [1.807, 2.05) is 33.2 Å². The van der Waals surface area contributed by atoms with Crippen LogP contribution < -0.4 is 0 Å². The van der Waals surface area contributed by atoms with E-state index in [9.17, 15) is 8.42 Å². The Morgan fingerprint density at radius 3 is 1.93 bits per heavy atom.